The van der Waals surface area contributed by atoms with Crippen molar-refractivity contribution < 1.29 is 9.59 Å². The Morgan fingerprint density at radius 2 is 2.25 bits per heavy atom. The Labute approximate surface area is 115 Å². The van der Waals surface area contributed by atoms with Crippen molar-refractivity contribution in [2.45, 2.75) is 19.9 Å². The number of hydrogen-bond donors (Lipinski definition) is 2. The van der Waals surface area contributed by atoms with E-state index in [0.717, 1.165) is 0 Å². The largest absolute Gasteiger partial charge is 0.350 e. The zero-order chi connectivity index (χ0) is 14.3. The number of carbonyl (C=O) groups is 2. The number of aromatic nitrogens is 3. The van der Waals surface area contributed by atoms with Crippen LogP contribution < -0.4 is 5.32 Å². The summed E-state index contributed by atoms with van der Waals surface area (Å²) >= 11 is 0. The van der Waals surface area contributed by atoms with Gasteiger partial charge in [0.25, 0.3) is 5.91 Å². The van der Waals surface area contributed by atoms with E-state index in [1.807, 2.05) is 6.92 Å². The highest BCUT2D eigenvalue weighted by atomic mass is 16.2. The molecule has 1 aliphatic heterocycles. The molecule has 1 atom stereocenters. The lowest BCUT2D eigenvalue weighted by Crippen LogP contribution is -2.54. The second-order valence-corrected chi connectivity index (χ2v) is 5.01. The molecule has 20 heavy (non-hydrogen) atoms. The van der Waals surface area contributed by atoms with Gasteiger partial charge in [-0.1, -0.05) is 0 Å². The van der Waals surface area contributed by atoms with Crippen molar-refractivity contribution in [3.8, 4) is 0 Å². The van der Waals surface area contributed by atoms with Crippen molar-refractivity contribution >= 4 is 22.8 Å². The molecule has 0 aliphatic carbocycles. The van der Waals surface area contributed by atoms with E-state index in [1.165, 1.54) is 4.90 Å². The molecule has 7 heteroatoms. The van der Waals surface area contributed by atoms with Gasteiger partial charge in [-0.05, 0) is 19.9 Å². The third kappa shape index (κ3) is 2.11. The van der Waals surface area contributed by atoms with Crippen LogP contribution in [0.3, 0.4) is 0 Å². The molecule has 2 N–H and O–H groups in total. The van der Waals surface area contributed by atoms with Gasteiger partial charge in [0.2, 0.25) is 5.91 Å². The number of nitrogens with one attached hydrogen (secondary N) is 2. The van der Waals surface area contributed by atoms with Crippen LogP contribution in [0.5, 0.6) is 0 Å². The van der Waals surface area contributed by atoms with Crippen LogP contribution in [-0.2, 0) is 4.79 Å². The Morgan fingerprint density at radius 1 is 1.45 bits per heavy atom. The molecule has 7 nitrogen and oxygen atoms in total. The third-order valence-electron chi connectivity index (χ3n) is 3.25. The van der Waals surface area contributed by atoms with Gasteiger partial charge in [-0.15, -0.1) is 0 Å². The number of hydrogen-bond acceptors (Lipinski definition) is 4. The van der Waals surface area contributed by atoms with Gasteiger partial charge in [0.1, 0.15) is 17.2 Å². The number of nitrogens with zero attached hydrogens (tertiary/aromatic N) is 3. The number of aromatic amines is 1. The highest BCUT2D eigenvalue weighted by Crippen LogP contribution is 2.17. The molecule has 1 fully saturated rings. The molecule has 3 heterocycles. The smallest absolute Gasteiger partial charge is 0.273 e. The fourth-order valence-electron chi connectivity index (χ4n) is 2.46. The molecule has 3 rings (SSSR count). The van der Waals surface area contributed by atoms with Crippen LogP contribution in [0.15, 0.2) is 12.3 Å². The number of H-pyrrole nitrogens is 1. The van der Waals surface area contributed by atoms with E-state index in [9.17, 15) is 9.59 Å². The Hall–Kier alpha value is -2.44. The van der Waals surface area contributed by atoms with Gasteiger partial charge < -0.3 is 15.2 Å². The minimum atomic E-state index is -0.234. The van der Waals surface area contributed by atoms with Gasteiger partial charge in [-0.25, -0.2) is 9.97 Å². The van der Waals surface area contributed by atoms with Crippen molar-refractivity contribution in [2.24, 2.45) is 0 Å². The van der Waals surface area contributed by atoms with Crippen LogP contribution in [-0.4, -0.2) is 50.8 Å². The summed E-state index contributed by atoms with van der Waals surface area (Å²) in [6.07, 6.45) is 1.72. The first-order valence-electron chi connectivity index (χ1n) is 6.45. The molecule has 0 bridgehead atoms. The lowest BCUT2D eigenvalue weighted by Gasteiger charge is -2.31. The van der Waals surface area contributed by atoms with Crippen LogP contribution in [0.4, 0.5) is 0 Å². The summed E-state index contributed by atoms with van der Waals surface area (Å²) in [4.78, 5) is 37.1. The number of carbonyl (C=O) groups excluding carboxylic acids is 2. The molecule has 104 valence electrons. The normalized spacial score (nSPS) is 19.2. The van der Waals surface area contributed by atoms with Crippen LogP contribution >= 0.6 is 0 Å². The van der Waals surface area contributed by atoms with Crippen LogP contribution in [0.1, 0.15) is 23.2 Å². The first kappa shape index (κ1) is 12.6. The predicted molar refractivity (Wildman–Crippen MR) is 72.1 cm³/mol. The molecular formula is C13H15N5O2. The minimum Gasteiger partial charge on any atom is -0.350 e. The maximum atomic E-state index is 12.6. The van der Waals surface area contributed by atoms with Crippen molar-refractivity contribution in [1.82, 2.24) is 25.2 Å². The zero-order valence-corrected chi connectivity index (χ0v) is 11.3. The summed E-state index contributed by atoms with van der Waals surface area (Å²) in [6, 6.07) is 1.72. The topological polar surface area (TPSA) is 91.0 Å². The van der Waals surface area contributed by atoms with Crippen molar-refractivity contribution in [2.75, 3.05) is 13.1 Å². The van der Waals surface area contributed by atoms with E-state index in [2.05, 4.69) is 20.3 Å². The quantitative estimate of drug-likeness (QED) is 0.778. The maximum Gasteiger partial charge on any atom is 0.273 e. The van der Waals surface area contributed by atoms with Gasteiger partial charge in [0, 0.05) is 18.8 Å². The van der Waals surface area contributed by atoms with Crippen LogP contribution in [0.25, 0.3) is 11.0 Å². The molecular weight excluding hydrogens is 258 g/mol. The molecule has 1 unspecified atom stereocenters. The summed E-state index contributed by atoms with van der Waals surface area (Å²) in [5.41, 5.74) is 0.978. The molecule has 2 aromatic rings. The minimum absolute atomic E-state index is 0.0511. The monoisotopic (exact) mass is 273 g/mol. The molecule has 2 aromatic heterocycles. The van der Waals surface area contributed by atoms with E-state index < -0.39 is 0 Å². The number of aryl methyl sites for hydroxylation is 1. The summed E-state index contributed by atoms with van der Waals surface area (Å²) in [5, 5.41) is 3.47. The lowest BCUT2D eigenvalue weighted by atomic mass is 10.2. The molecule has 2 amide bonds. The molecule has 0 saturated carbocycles. The fourth-order valence-corrected chi connectivity index (χ4v) is 2.46. The predicted octanol–water partition coefficient (Wildman–Crippen LogP) is 0.227. The summed E-state index contributed by atoms with van der Waals surface area (Å²) in [5.74, 6) is 0.146. The summed E-state index contributed by atoms with van der Waals surface area (Å²) < 4.78 is 0. The Kier molecular flexibility index (Phi) is 2.89. The summed E-state index contributed by atoms with van der Waals surface area (Å²) in [7, 11) is 0. The molecule has 1 aliphatic rings. The molecule has 1 saturated heterocycles. The van der Waals surface area contributed by atoms with Crippen molar-refractivity contribution in [1.29, 1.82) is 0 Å². The van der Waals surface area contributed by atoms with Crippen LogP contribution in [0.2, 0.25) is 0 Å². The average Bonchev–Trinajstić information content (AvgIpc) is 2.83. The van der Waals surface area contributed by atoms with Crippen molar-refractivity contribution in [3.05, 3.63) is 23.8 Å². The second-order valence-electron chi connectivity index (χ2n) is 5.01. The Morgan fingerprint density at radius 3 is 3.00 bits per heavy atom. The van der Waals surface area contributed by atoms with E-state index in [-0.39, 0.29) is 24.4 Å². The molecule has 0 aromatic carbocycles. The molecule has 0 radical (unpaired) electrons. The zero-order valence-electron chi connectivity index (χ0n) is 11.3. The van der Waals surface area contributed by atoms with Crippen molar-refractivity contribution in [3.63, 3.8) is 0 Å². The first-order chi connectivity index (χ1) is 9.54. The standard InChI is InChI=1S/C13H15N5O2/c1-7-5-18(6-10(19)15-7)13(20)11-9-3-4-14-12(9)17-8(2)16-11/h3-4,7H,5-6H2,1-2H3,(H,15,19)(H,14,16,17). The summed E-state index contributed by atoms with van der Waals surface area (Å²) in [6.45, 7) is 4.16. The van der Waals surface area contributed by atoms with Crippen LogP contribution in [0, 0.1) is 6.92 Å². The second kappa shape index (κ2) is 4.59. The van der Waals surface area contributed by atoms with E-state index in [0.29, 0.717) is 29.1 Å². The van der Waals surface area contributed by atoms with E-state index in [1.54, 1.807) is 19.2 Å². The number of piperazine rings is 1. The fraction of sp³-hybridized carbons (Fsp3) is 0.385. The Bertz CT molecular complexity index is 693. The van der Waals surface area contributed by atoms with Gasteiger partial charge in [0.05, 0.1) is 11.9 Å². The van der Waals surface area contributed by atoms with Gasteiger partial charge in [-0.3, -0.25) is 9.59 Å². The molecule has 0 spiro atoms. The SMILES string of the molecule is Cc1nc(C(=O)N2CC(=O)NC(C)C2)c2cc[nH]c2n1. The number of amides is 2. The Balaban J connectivity index is 2.00. The van der Waals surface area contributed by atoms with E-state index >= 15 is 0 Å². The number of fused-ring (bicyclic) bond motifs is 1. The van der Waals surface area contributed by atoms with Gasteiger partial charge >= 0.3 is 0 Å². The highest BCUT2D eigenvalue weighted by Gasteiger charge is 2.28. The third-order valence-corrected chi connectivity index (χ3v) is 3.25. The van der Waals surface area contributed by atoms with Gasteiger partial charge in [-0.2, -0.15) is 0 Å². The average molecular weight is 273 g/mol. The number of rotatable bonds is 1. The first-order valence-corrected chi connectivity index (χ1v) is 6.45. The van der Waals surface area contributed by atoms with E-state index in [4.69, 9.17) is 0 Å². The lowest BCUT2D eigenvalue weighted by molar-refractivity contribution is -0.124. The maximum absolute atomic E-state index is 12.6. The van der Waals surface area contributed by atoms with Gasteiger partial charge in [0.15, 0.2) is 0 Å². The highest BCUT2D eigenvalue weighted by molar-refractivity contribution is 6.05.